The van der Waals surface area contributed by atoms with Crippen molar-refractivity contribution in [2.24, 2.45) is 5.92 Å². The van der Waals surface area contributed by atoms with Crippen LogP contribution in [0.25, 0.3) is 0 Å². The van der Waals surface area contributed by atoms with Gasteiger partial charge in [-0.1, -0.05) is 6.92 Å². The van der Waals surface area contributed by atoms with E-state index < -0.39 is 5.97 Å². The molecule has 0 saturated heterocycles. The lowest BCUT2D eigenvalue weighted by atomic mass is 10.1. The lowest BCUT2D eigenvalue weighted by Crippen LogP contribution is -2.16. The number of hydrogen-bond acceptors (Lipinski definition) is 3. The molecule has 94 valence electrons. The van der Waals surface area contributed by atoms with E-state index in [2.05, 4.69) is 12.2 Å². The van der Waals surface area contributed by atoms with Crippen LogP contribution >= 0.6 is 0 Å². The number of carbonyl (C=O) groups is 1. The Labute approximate surface area is 102 Å². The highest BCUT2D eigenvalue weighted by molar-refractivity contribution is 5.88. The van der Waals surface area contributed by atoms with Gasteiger partial charge in [0.05, 0.1) is 12.2 Å². The van der Waals surface area contributed by atoms with Crippen molar-refractivity contribution in [3.63, 3.8) is 0 Å². The van der Waals surface area contributed by atoms with Crippen LogP contribution in [0.5, 0.6) is 0 Å². The number of carboxylic acids is 1. The number of nitrogens with one attached hydrogen (secondary N) is 1. The normalized spacial score (nSPS) is 12.2. The van der Waals surface area contributed by atoms with Crippen LogP contribution in [-0.4, -0.2) is 31.3 Å². The van der Waals surface area contributed by atoms with Gasteiger partial charge in [0.25, 0.3) is 0 Å². The van der Waals surface area contributed by atoms with Crippen LogP contribution in [-0.2, 0) is 4.74 Å². The first kappa shape index (κ1) is 13.5. The fourth-order valence-electron chi connectivity index (χ4n) is 1.62. The SMILES string of the molecule is COCC(C)CNc1ccc(C(=O)O)cc1C. The largest absolute Gasteiger partial charge is 0.478 e. The van der Waals surface area contributed by atoms with Gasteiger partial charge in [0.1, 0.15) is 0 Å². The van der Waals surface area contributed by atoms with E-state index in [4.69, 9.17) is 9.84 Å². The molecule has 0 spiro atoms. The lowest BCUT2D eigenvalue weighted by Gasteiger charge is -2.14. The first-order valence-electron chi connectivity index (χ1n) is 5.61. The topological polar surface area (TPSA) is 58.6 Å². The zero-order valence-electron chi connectivity index (χ0n) is 10.5. The molecular formula is C13H19NO3. The average Bonchev–Trinajstić information content (AvgIpc) is 2.27. The van der Waals surface area contributed by atoms with Crippen molar-refractivity contribution in [3.05, 3.63) is 29.3 Å². The number of rotatable bonds is 6. The molecule has 0 aliphatic rings. The molecule has 0 fully saturated rings. The van der Waals surface area contributed by atoms with E-state index in [1.165, 1.54) is 0 Å². The standard InChI is InChI=1S/C13H19NO3/c1-9(8-17-3)7-14-12-5-4-11(13(15)16)6-10(12)2/h4-6,9,14H,7-8H2,1-3H3,(H,15,16). The molecule has 4 heteroatoms. The summed E-state index contributed by atoms with van der Waals surface area (Å²) in [4.78, 5) is 10.8. The number of aromatic carboxylic acids is 1. The highest BCUT2D eigenvalue weighted by Gasteiger charge is 2.06. The zero-order chi connectivity index (χ0) is 12.8. The summed E-state index contributed by atoms with van der Waals surface area (Å²) in [6.07, 6.45) is 0. The van der Waals surface area contributed by atoms with Gasteiger partial charge in [-0.2, -0.15) is 0 Å². The number of hydrogen-bond donors (Lipinski definition) is 2. The third-order valence-electron chi connectivity index (χ3n) is 2.57. The zero-order valence-corrected chi connectivity index (χ0v) is 10.5. The molecule has 0 radical (unpaired) electrons. The van der Waals surface area contributed by atoms with Crippen molar-refractivity contribution in [1.82, 2.24) is 0 Å². The lowest BCUT2D eigenvalue weighted by molar-refractivity contribution is 0.0697. The number of anilines is 1. The van der Waals surface area contributed by atoms with Gasteiger partial charge in [-0.15, -0.1) is 0 Å². The van der Waals surface area contributed by atoms with Crippen LogP contribution in [0.3, 0.4) is 0 Å². The Balaban J connectivity index is 2.63. The summed E-state index contributed by atoms with van der Waals surface area (Å²) in [6, 6.07) is 5.09. The number of benzene rings is 1. The highest BCUT2D eigenvalue weighted by Crippen LogP contribution is 2.17. The molecule has 1 rings (SSSR count). The van der Waals surface area contributed by atoms with Crippen molar-refractivity contribution in [2.75, 3.05) is 25.6 Å². The summed E-state index contributed by atoms with van der Waals surface area (Å²) < 4.78 is 5.06. The van der Waals surface area contributed by atoms with Gasteiger partial charge in [-0.05, 0) is 36.6 Å². The van der Waals surface area contributed by atoms with E-state index >= 15 is 0 Å². The summed E-state index contributed by atoms with van der Waals surface area (Å²) in [5.41, 5.74) is 2.23. The van der Waals surface area contributed by atoms with Gasteiger partial charge in [-0.25, -0.2) is 4.79 Å². The minimum absolute atomic E-state index is 0.318. The molecule has 0 saturated carbocycles. The summed E-state index contributed by atoms with van der Waals surface area (Å²) in [5.74, 6) is -0.481. The predicted molar refractivity (Wildman–Crippen MR) is 67.7 cm³/mol. The fraction of sp³-hybridized carbons (Fsp3) is 0.462. The Morgan fingerprint density at radius 1 is 1.53 bits per heavy atom. The first-order valence-corrected chi connectivity index (χ1v) is 5.61. The summed E-state index contributed by atoms with van der Waals surface area (Å²) in [7, 11) is 1.68. The third-order valence-corrected chi connectivity index (χ3v) is 2.57. The molecule has 4 nitrogen and oxygen atoms in total. The van der Waals surface area contributed by atoms with Crippen molar-refractivity contribution < 1.29 is 14.6 Å². The molecule has 0 bridgehead atoms. The van der Waals surface area contributed by atoms with Gasteiger partial charge in [0.15, 0.2) is 0 Å². The van der Waals surface area contributed by atoms with Crippen LogP contribution in [0.2, 0.25) is 0 Å². The second-order valence-corrected chi connectivity index (χ2v) is 4.28. The number of carboxylic acid groups (broad SMARTS) is 1. The Kier molecular flexibility index (Phi) is 4.97. The van der Waals surface area contributed by atoms with Crippen LogP contribution in [0, 0.1) is 12.8 Å². The summed E-state index contributed by atoms with van der Waals surface area (Å²) in [5, 5.41) is 12.1. The second-order valence-electron chi connectivity index (χ2n) is 4.28. The third kappa shape index (κ3) is 4.07. The Hall–Kier alpha value is -1.55. The minimum atomic E-state index is -0.896. The molecule has 2 N–H and O–H groups in total. The van der Waals surface area contributed by atoms with Gasteiger partial charge in [0.2, 0.25) is 0 Å². The van der Waals surface area contributed by atoms with Gasteiger partial charge in [-0.3, -0.25) is 0 Å². The van der Waals surface area contributed by atoms with Crippen LogP contribution in [0.1, 0.15) is 22.8 Å². The van der Waals surface area contributed by atoms with Gasteiger partial charge < -0.3 is 15.2 Å². The van der Waals surface area contributed by atoms with Crippen molar-refractivity contribution in [3.8, 4) is 0 Å². The monoisotopic (exact) mass is 237 g/mol. The van der Waals surface area contributed by atoms with E-state index in [0.717, 1.165) is 17.8 Å². The number of aryl methyl sites for hydroxylation is 1. The summed E-state index contributed by atoms with van der Waals surface area (Å²) >= 11 is 0. The molecule has 0 aliphatic carbocycles. The van der Waals surface area contributed by atoms with Crippen LogP contribution in [0.15, 0.2) is 18.2 Å². The summed E-state index contributed by atoms with van der Waals surface area (Å²) in [6.45, 7) is 5.51. The average molecular weight is 237 g/mol. The van der Waals surface area contributed by atoms with E-state index in [1.807, 2.05) is 6.92 Å². The predicted octanol–water partition coefficient (Wildman–Crippen LogP) is 2.39. The Morgan fingerprint density at radius 2 is 2.24 bits per heavy atom. The number of ether oxygens (including phenoxy) is 1. The molecule has 0 amide bonds. The van der Waals surface area contributed by atoms with E-state index in [-0.39, 0.29) is 0 Å². The first-order chi connectivity index (χ1) is 8.04. The minimum Gasteiger partial charge on any atom is -0.478 e. The fourth-order valence-corrected chi connectivity index (χ4v) is 1.62. The van der Waals surface area contributed by atoms with Crippen LogP contribution in [0.4, 0.5) is 5.69 Å². The van der Waals surface area contributed by atoms with Crippen LogP contribution < -0.4 is 5.32 Å². The maximum atomic E-state index is 10.8. The van der Waals surface area contributed by atoms with Gasteiger partial charge in [0, 0.05) is 19.3 Å². The smallest absolute Gasteiger partial charge is 0.335 e. The van der Waals surface area contributed by atoms with E-state index in [0.29, 0.717) is 18.1 Å². The van der Waals surface area contributed by atoms with E-state index in [1.54, 1.807) is 25.3 Å². The molecule has 0 heterocycles. The molecule has 1 aromatic carbocycles. The molecule has 0 aromatic heterocycles. The molecule has 17 heavy (non-hydrogen) atoms. The van der Waals surface area contributed by atoms with Crippen molar-refractivity contribution in [2.45, 2.75) is 13.8 Å². The molecule has 1 atom stereocenters. The van der Waals surface area contributed by atoms with E-state index in [9.17, 15) is 4.79 Å². The quantitative estimate of drug-likeness (QED) is 0.797. The number of methoxy groups -OCH3 is 1. The second kappa shape index (κ2) is 6.25. The highest BCUT2D eigenvalue weighted by atomic mass is 16.5. The Morgan fingerprint density at radius 3 is 2.76 bits per heavy atom. The maximum absolute atomic E-state index is 10.8. The molecular weight excluding hydrogens is 218 g/mol. The Bertz CT molecular complexity index is 390. The maximum Gasteiger partial charge on any atom is 0.335 e. The molecule has 0 aliphatic heterocycles. The molecule has 1 unspecified atom stereocenters. The molecule has 1 aromatic rings. The van der Waals surface area contributed by atoms with Crippen molar-refractivity contribution in [1.29, 1.82) is 0 Å². The van der Waals surface area contributed by atoms with Gasteiger partial charge >= 0.3 is 5.97 Å². The van der Waals surface area contributed by atoms with Crippen molar-refractivity contribution >= 4 is 11.7 Å².